The van der Waals surface area contributed by atoms with Crippen LogP contribution in [0.1, 0.15) is 5.56 Å². The molecular weight excluding hydrogens is 272 g/mol. The Labute approximate surface area is 102 Å². The number of nitrogen functional groups attached to an aromatic ring is 1. The molecule has 2 rings (SSSR count). The summed E-state index contributed by atoms with van der Waals surface area (Å²) >= 11 is 3.44. The number of nitrogens with two attached hydrogens (primary N) is 1. The van der Waals surface area contributed by atoms with E-state index in [4.69, 9.17) is 15.0 Å². The Morgan fingerprint density at radius 3 is 2.69 bits per heavy atom. The van der Waals surface area contributed by atoms with Crippen molar-refractivity contribution in [1.82, 2.24) is 5.16 Å². The van der Waals surface area contributed by atoms with E-state index in [1.165, 1.54) is 0 Å². The van der Waals surface area contributed by atoms with Crippen LogP contribution in [0.15, 0.2) is 27.2 Å². The van der Waals surface area contributed by atoms with Crippen LogP contribution in [0, 0.1) is 6.92 Å². The summed E-state index contributed by atoms with van der Waals surface area (Å²) in [7, 11) is 1.61. The molecule has 0 aliphatic heterocycles. The molecule has 0 bridgehead atoms. The van der Waals surface area contributed by atoms with Crippen LogP contribution in [0.3, 0.4) is 0 Å². The van der Waals surface area contributed by atoms with Crippen LogP contribution >= 0.6 is 15.9 Å². The SMILES string of the molecule is COc1c(Br)cc(C)cc1-c1cc(N)no1. The van der Waals surface area contributed by atoms with E-state index in [-0.39, 0.29) is 0 Å². The van der Waals surface area contributed by atoms with Gasteiger partial charge in [0.05, 0.1) is 17.1 Å². The summed E-state index contributed by atoms with van der Waals surface area (Å²) < 4.78 is 11.3. The molecule has 0 fully saturated rings. The Hall–Kier alpha value is -1.49. The molecule has 1 aromatic heterocycles. The Kier molecular flexibility index (Phi) is 2.87. The lowest BCUT2D eigenvalue weighted by atomic mass is 10.1. The number of nitrogens with zero attached hydrogens (tertiary/aromatic N) is 1. The molecule has 0 unspecified atom stereocenters. The number of ether oxygens (including phenoxy) is 1. The number of hydrogen-bond donors (Lipinski definition) is 1. The van der Waals surface area contributed by atoms with Gasteiger partial charge in [0.2, 0.25) is 0 Å². The molecular formula is C11H11BrN2O2. The lowest BCUT2D eigenvalue weighted by molar-refractivity contribution is 0.404. The first kappa shape index (κ1) is 11.0. The summed E-state index contributed by atoms with van der Waals surface area (Å²) in [5.41, 5.74) is 7.45. The van der Waals surface area contributed by atoms with Crippen molar-refractivity contribution in [2.24, 2.45) is 0 Å². The molecule has 84 valence electrons. The number of benzene rings is 1. The maximum Gasteiger partial charge on any atom is 0.172 e. The van der Waals surface area contributed by atoms with E-state index in [1.54, 1.807) is 13.2 Å². The fraction of sp³-hybridized carbons (Fsp3) is 0.182. The highest BCUT2D eigenvalue weighted by atomic mass is 79.9. The van der Waals surface area contributed by atoms with Crippen LogP contribution in [0.2, 0.25) is 0 Å². The quantitative estimate of drug-likeness (QED) is 0.920. The second kappa shape index (κ2) is 4.17. The molecule has 16 heavy (non-hydrogen) atoms. The number of methoxy groups -OCH3 is 1. The van der Waals surface area contributed by atoms with Gasteiger partial charge in [0.25, 0.3) is 0 Å². The molecule has 0 saturated carbocycles. The van der Waals surface area contributed by atoms with Crippen LogP contribution in [0.25, 0.3) is 11.3 Å². The van der Waals surface area contributed by atoms with Crippen molar-refractivity contribution in [2.45, 2.75) is 6.92 Å². The van der Waals surface area contributed by atoms with E-state index in [1.807, 2.05) is 19.1 Å². The number of halogens is 1. The topological polar surface area (TPSA) is 61.3 Å². The lowest BCUT2D eigenvalue weighted by Gasteiger charge is -2.09. The molecule has 4 nitrogen and oxygen atoms in total. The average Bonchev–Trinajstić information content (AvgIpc) is 2.63. The number of hydrogen-bond acceptors (Lipinski definition) is 4. The Bertz CT molecular complexity index is 523. The third-order valence-electron chi connectivity index (χ3n) is 2.19. The lowest BCUT2D eigenvalue weighted by Crippen LogP contribution is -1.90. The Balaban J connectivity index is 2.63. The van der Waals surface area contributed by atoms with Crippen molar-refractivity contribution in [3.8, 4) is 17.1 Å². The van der Waals surface area contributed by atoms with E-state index in [0.29, 0.717) is 17.3 Å². The Morgan fingerprint density at radius 1 is 1.38 bits per heavy atom. The smallest absolute Gasteiger partial charge is 0.172 e. The zero-order valence-electron chi connectivity index (χ0n) is 8.95. The van der Waals surface area contributed by atoms with Gasteiger partial charge in [0.1, 0.15) is 5.75 Å². The number of aromatic nitrogens is 1. The largest absolute Gasteiger partial charge is 0.495 e. The van der Waals surface area contributed by atoms with Crippen LogP contribution in [-0.2, 0) is 0 Å². The maximum absolute atomic E-state index is 5.53. The standard InChI is InChI=1S/C11H11BrN2O2/c1-6-3-7(9-5-10(13)14-16-9)11(15-2)8(12)4-6/h3-5H,1-2H3,(H2,13,14). The summed E-state index contributed by atoms with van der Waals surface area (Å²) in [6.45, 7) is 1.99. The molecule has 0 atom stereocenters. The molecule has 5 heteroatoms. The van der Waals surface area contributed by atoms with Gasteiger partial charge in [0.15, 0.2) is 11.6 Å². The van der Waals surface area contributed by atoms with E-state index in [9.17, 15) is 0 Å². The number of aryl methyl sites for hydroxylation is 1. The Morgan fingerprint density at radius 2 is 2.12 bits per heavy atom. The third-order valence-corrected chi connectivity index (χ3v) is 2.77. The predicted molar refractivity (Wildman–Crippen MR) is 65.3 cm³/mol. The minimum absolute atomic E-state index is 0.356. The molecule has 2 aromatic rings. The van der Waals surface area contributed by atoms with E-state index >= 15 is 0 Å². The highest BCUT2D eigenvalue weighted by Crippen LogP contribution is 2.37. The van der Waals surface area contributed by atoms with E-state index < -0.39 is 0 Å². The highest BCUT2D eigenvalue weighted by Gasteiger charge is 2.14. The molecule has 1 heterocycles. The zero-order valence-corrected chi connectivity index (χ0v) is 10.5. The van der Waals surface area contributed by atoms with Gasteiger partial charge >= 0.3 is 0 Å². The zero-order chi connectivity index (χ0) is 11.7. The fourth-order valence-electron chi connectivity index (χ4n) is 1.54. The summed E-state index contributed by atoms with van der Waals surface area (Å²) in [4.78, 5) is 0. The van der Waals surface area contributed by atoms with E-state index in [2.05, 4.69) is 21.1 Å². The molecule has 0 spiro atoms. The first-order valence-corrected chi connectivity index (χ1v) is 5.48. The first-order valence-electron chi connectivity index (χ1n) is 4.68. The van der Waals surface area contributed by atoms with Gasteiger partial charge in [-0.2, -0.15) is 0 Å². The minimum atomic E-state index is 0.356. The molecule has 0 radical (unpaired) electrons. The monoisotopic (exact) mass is 282 g/mol. The maximum atomic E-state index is 5.53. The van der Waals surface area contributed by atoms with Crippen LogP contribution < -0.4 is 10.5 Å². The molecule has 2 N–H and O–H groups in total. The second-order valence-corrected chi connectivity index (χ2v) is 4.30. The highest BCUT2D eigenvalue weighted by molar-refractivity contribution is 9.10. The molecule has 0 saturated heterocycles. The van der Waals surface area contributed by atoms with Crippen molar-refractivity contribution in [1.29, 1.82) is 0 Å². The van der Waals surface area contributed by atoms with Crippen molar-refractivity contribution in [2.75, 3.05) is 12.8 Å². The summed E-state index contributed by atoms with van der Waals surface area (Å²) in [6.07, 6.45) is 0. The fourth-order valence-corrected chi connectivity index (χ4v) is 2.27. The molecule has 0 aliphatic carbocycles. The predicted octanol–water partition coefficient (Wildman–Crippen LogP) is 3.00. The number of rotatable bonds is 2. The van der Waals surface area contributed by atoms with Gasteiger partial charge in [-0.3, -0.25) is 0 Å². The van der Waals surface area contributed by atoms with Crippen molar-refractivity contribution < 1.29 is 9.26 Å². The van der Waals surface area contributed by atoms with Crippen molar-refractivity contribution >= 4 is 21.7 Å². The number of anilines is 1. The van der Waals surface area contributed by atoms with Gasteiger partial charge in [-0.1, -0.05) is 5.16 Å². The summed E-state index contributed by atoms with van der Waals surface area (Å²) in [6, 6.07) is 5.61. The minimum Gasteiger partial charge on any atom is -0.495 e. The van der Waals surface area contributed by atoms with Gasteiger partial charge in [-0.25, -0.2) is 0 Å². The molecule has 0 amide bonds. The normalized spacial score (nSPS) is 10.4. The van der Waals surface area contributed by atoms with Crippen molar-refractivity contribution in [3.05, 3.63) is 28.2 Å². The van der Waals surface area contributed by atoms with Crippen LogP contribution in [0.4, 0.5) is 5.82 Å². The van der Waals surface area contributed by atoms with Gasteiger partial charge in [-0.05, 0) is 40.5 Å². The van der Waals surface area contributed by atoms with E-state index in [0.717, 1.165) is 15.6 Å². The van der Waals surface area contributed by atoms with Gasteiger partial charge < -0.3 is 15.0 Å². The average molecular weight is 283 g/mol. The molecule has 1 aromatic carbocycles. The third kappa shape index (κ3) is 1.90. The van der Waals surface area contributed by atoms with Gasteiger partial charge in [-0.15, -0.1) is 0 Å². The second-order valence-electron chi connectivity index (χ2n) is 3.44. The van der Waals surface area contributed by atoms with Crippen LogP contribution in [0.5, 0.6) is 5.75 Å². The van der Waals surface area contributed by atoms with Crippen LogP contribution in [-0.4, -0.2) is 12.3 Å². The summed E-state index contributed by atoms with van der Waals surface area (Å²) in [5, 5.41) is 3.66. The molecule has 0 aliphatic rings. The first-order chi connectivity index (χ1) is 7.61. The van der Waals surface area contributed by atoms with Gasteiger partial charge in [0, 0.05) is 6.07 Å². The van der Waals surface area contributed by atoms with Crippen molar-refractivity contribution in [3.63, 3.8) is 0 Å². The summed E-state index contributed by atoms with van der Waals surface area (Å²) in [5.74, 6) is 1.66.